The summed E-state index contributed by atoms with van der Waals surface area (Å²) in [6, 6.07) is 0. The van der Waals surface area contributed by atoms with Crippen LogP contribution in [-0.2, 0) is 6.54 Å². The zero-order valence-electron chi connectivity index (χ0n) is 11.7. The largest absolute Gasteiger partial charge is 0.356 e. The van der Waals surface area contributed by atoms with E-state index in [2.05, 4.69) is 31.1 Å². The van der Waals surface area contributed by atoms with Gasteiger partial charge < -0.3 is 14.8 Å². The molecule has 1 aromatic heterocycles. The Bertz CT molecular complexity index is 421. The van der Waals surface area contributed by atoms with Gasteiger partial charge in [0.05, 0.1) is 0 Å². The first-order valence-electron chi connectivity index (χ1n) is 6.43. The molecule has 0 aromatic carbocycles. The van der Waals surface area contributed by atoms with Crippen molar-refractivity contribution in [1.82, 2.24) is 14.5 Å². The molecule has 0 spiro atoms. The molecule has 1 aromatic rings. The molecule has 1 aliphatic rings. The number of hydrogen-bond acceptors (Lipinski definition) is 3. The van der Waals surface area contributed by atoms with Gasteiger partial charge >= 0.3 is 0 Å². The van der Waals surface area contributed by atoms with Gasteiger partial charge in [0.2, 0.25) is 5.95 Å². The highest BCUT2D eigenvalue weighted by Gasteiger charge is 2.22. The molecule has 1 amide bonds. The molecule has 1 N–H and O–H groups in total. The number of carbonyl (C=O) groups excluding carboxylic acids is 1. The molecule has 2 heterocycles. The van der Waals surface area contributed by atoms with Crippen molar-refractivity contribution in [3.63, 3.8) is 0 Å². The number of amides is 1. The van der Waals surface area contributed by atoms with Crippen molar-refractivity contribution in [1.29, 1.82) is 0 Å². The number of rotatable bonds is 2. The second-order valence-electron chi connectivity index (χ2n) is 6.15. The minimum Gasteiger partial charge on any atom is -0.356 e. The summed E-state index contributed by atoms with van der Waals surface area (Å²) in [7, 11) is 1.83. The van der Waals surface area contributed by atoms with Gasteiger partial charge in [0.1, 0.15) is 5.69 Å². The van der Waals surface area contributed by atoms with Crippen LogP contribution in [0.15, 0.2) is 6.20 Å². The minimum atomic E-state index is -0.00590. The van der Waals surface area contributed by atoms with Crippen LogP contribution in [0.3, 0.4) is 0 Å². The van der Waals surface area contributed by atoms with E-state index >= 15 is 0 Å². The maximum atomic E-state index is 12.3. The molecule has 0 bridgehead atoms. The highest BCUT2D eigenvalue weighted by Crippen LogP contribution is 2.18. The fourth-order valence-corrected chi connectivity index (χ4v) is 2.26. The van der Waals surface area contributed by atoms with Gasteiger partial charge in [-0.2, -0.15) is 0 Å². The number of nitrogens with zero attached hydrogens (tertiary/aromatic N) is 3. The molecule has 2 rings (SSSR count). The number of hydrogen-bond donors (Lipinski definition) is 1. The van der Waals surface area contributed by atoms with Crippen LogP contribution >= 0.6 is 0 Å². The first-order valence-corrected chi connectivity index (χ1v) is 6.43. The predicted octanol–water partition coefficient (Wildman–Crippen LogP) is 1.82. The van der Waals surface area contributed by atoms with E-state index < -0.39 is 0 Å². The van der Waals surface area contributed by atoms with Gasteiger partial charge in [-0.05, 0) is 11.8 Å². The second kappa shape index (κ2) is 4.63. The average molecular weight is 250 g/mol. The van der Waals surface area contributed by atoms with Gasteiger partial charge in [-0.15, -0.1) is 0 Å². The molecule has 0 atom stereocenters. The molecular formula is C13H22N4O. The normalized spacial score (nSPS) is 14.9. The molecule has 0 aliphatic carbocycles. The number of nitrogens with one attached hydrogen (secondary N) is 1. The van der Waals surface area contributed by atoms with Crippen molar-refractivity contribution < 1.29 is 4.79 Å². The van der Waals surface area contributed by atoms with E-state index in [0.717, 1.165) is 32.0 Å². The Morgan fingerprint density at radius 3 is 2.89 bits per heavy atom. The number of aromatic nitrogens is 2. The number of imidazole rings is 1. The van der Waals surface area contributed by atoms with Crippen molar-refractivity contribution in [2.45, 2.75) is 33.7 Å². The number of anilines is 1. The average Bonchev–Trinajstić information content (AvgIpc) is 2.68. The van der Waals surface area contributed by atoms with E-state index in [1.54, 1.807) is 4.90 Å². The fourth-order valence-electron chi connectivity index (χ4n) is 2.26. The van der Waals surface area contributed by atoms with Crippen LogP contribution < -0.4 is 5.32 Å². The van der Waals surface area contributed by atoms with E-state index in [1.165, 1.54) is 0 Å². The van der Waals surface area contributed by atoms with Crippen molar-refractivity contribution in [2.75, 3.05) is 25.5 Å². The van der Waals surface area contributed by atoms with E-state index in [1.807, 2.05) is 17.8 Å². The molecule has 0 saturated heterocycles. The SMILES string of the molecule is CN(CC(C)(C)C)C(=O)c1cn2c(n1)NCCC2. The third-order valence-electron chi connectivity index (χ3n) is 2.91. The van der Waals surface area contributed by atoms with E-state index in [4.69, 9.17) is 0 Å². The van der Waals surface area contributed by atoms with Crippen LogP contribution in [0.5, 0.6) is 0 Å². The van der Waals surface area contributed by atoms with E-state index in [9.17, 15) is 4.79 Å². The fraction of sp³-hybridized carbons (Fsp3) is 0.692. The van der Waals surface area contributed by atoms with Gasteiger partial charge in [-0.1, -0.05) is 20.8 Å². The van der Waals surface area contributed by atoms with Gasteiger partial charge in [-0.3, -0.25) is 4.79 Å². The van der Waals surface area contributed by atoms with Crippen LogP contribution in [0.25, 0.3) is 0 Å². The summed E-state index contributed by atoms with van der Waals surface area (Å²) in [5.74, 6) is 0.808. The van der Waals surface area contributed by atoms with Crippen molar-refractivity contribution in [2.24, 2.45) is 5.41 Å². The summed E-state index contributed by atoms with van der Waals surface area (Å²) in [5.41, 5.74) is 0.633. The van der Waals surface area contributed by atoms with Crippen LogP contribution in [0.1, 0.15) is 37.7 Å². The maximum absolute atomic E-state index is 12.3. The molecule has 0 unspecified atom stereocenters. The van der Waals surface area contributed by atoms with Gasteiger partial charge in [-0.25, -0.2) is 4.98 Å². The van der Waals surface area contributed by atoms with Gasteiger partial charge in [0.15, 0.2) is 0 Å². The Morgan fingerprint density at radius 2 is 2.28 bits per heavy atom. The maximum Gasteiger partial charge on any atom is 0.273 e. The highest BCUT2D eigenvalue weighted by atomic mass is 16.2. The minimum absolute atomic E-state index is 0.00590. The summed E-state index contributed by atoms with van der Waals surface area (Å²) in [4.78, 5) is 18.4. The lowest BCUT2D eigenvalue weighted by atomic mass is 9.96. The molecule has 100 valence electrons. The van der Waals surface area contributed by atoms with Crippen molar-refractivity contribution in [3.8, 4) is 0 Å². The van der Waals surface area contributed by atoms with Crippen LogP contribution in [0.4, 0.5) is 5.95 Å². The molecule has 18 heavy (non-hydrogen) atoms. The Labute approximate surface area is 108 Å². The number of aryl methyl sites for hydroxylation is 1. The summed E-state index contributed by atoms with van der Waals surface area (Å²) in [6.45, 7) is 8.96. The van der Waals surface area contributed by atoms with Crippen LogP contribution in [0.2, 0.25) is 0 Å². The van der Waals surface area contributed by atoms with Crippen LogP contribution in [0, 0.1) is 5.41 Å². The first kappa shape index (κ1) is 12.9. The molecule has 5 nitrogen and oxygen atoms in total. The van der Waals surface area contributed by atoms with Crippen molar-refractivity contribution >= 4 is 11.9 Å². The van der Waals surface area contributed by atoms with Crippen molar-refractivity contribution in [3.05, 3.63) is 11.9 Å². The molecule has 1 aliphatic heterocycles. The smallest absolute Gasteiger partial charge is 0.273 e. The summed E-state index contributed by atoms with van der Waals surface area (Å²) < 4.78 is 2.02. The number of fused-ring (bicyclic) bond motifs is 1. The van der Waals surface area contributed by atoms with E-state index in [-0.39, 0.29) is 11.3 Å². The number of carbonyl (C=O) groups is 1. The van der Waals surface area contributed by atoms with Gasteiger partial charge in [0, 0.05) is 32.9 Å². The second-order valence-corrected chi connectivity index (χ2v) is 6.15. The summed E-state index contributed by atoms with van der Waals surface area (Å²) >= 11 is 0. The highest BCUT2D eigenvalue weighted by molar-refractivity contribution is 5.92. The third kappa shape index (κ3) is 2.83. The molecular weight excluding hydrogens is 228 g/mol. The first-order chi connectivity index (χ1) is 8.37. The summed E-state index contributed by atoms with van der Waals surface area (Å²) in [5, 5.41) is 3.21. The third-order valence-corrected chi connectivity index (χ3v) is 2.91. The predicted molar refractivity (Wildman–Crippen MR) is 71.7 cm³/mol. The molecule has 0 fully saturated rings. The molecule has 0 radical (unpaired) electrons. The zero-order valence-corrected chi connectivity index (χ0v) is 11.7. The Hall–Kier alpha value is -1.52. The monoisotopic (exact) mass is 250 g/mol. The standard InChI is InChI=1S/C13H22N4O/c1-13(2,3)9-16(4)11(18)10-8-17-7-5-6-14-12(17)15-10/h8H,5-7,9H2,1-4H3,(H,14,15). The Balaban J connectivity index is 2.11. The topological polar surface area (TPSA) is 50.2 Å². The van der Waals surface area contributed by atoms with Gasteiger partial charge in [0.25, 0.3) is 5.91 Å². The van der Waals surface area contributed by atoms with E-state index in [0.29, 0.717) is 5.69 Å². The quantitative estimate of drug-likeness (QED) is 0.871. The molecule has 5 heteroatoms. The zero-order chi connectivity index (χ0) is 13.3. The lowest BCUT2D eigenvalue weighted by molar-refractivity contribution is 0.0740. The lowest BCUT2D eigenvalue weighted by Crippen LogP contribution is -2.34. The lowest BCUT2D eigenvalue weighted by Gasteiger charge is -2.25. The Morgan fingerprint density at radius 1 is 1.56 bits per heavy atom. The molecule has 0 saturated carbocycles. The Kier molecular flexibility index (Phi) is 3.32. The summed E-state index contributed by atoms with van der Waals surface area (Å²) in [6.07, 6.45) is 2.93. The van der Waals surface area contributed by atoms with Crippen LogP contribution in [-0.4, -0.2) is 40.5 Å².